The van der Waals surface area contributed by atoms with Crippen LogP contribution in [0.4, 0.5) is 4.79 Å². The Balaban J connectivity index is 0.00000392. The van der Waals surface area contributed by atoms with Crippen molar-refractivity contribution < 1.29 is 14.3 Å². The van der Waals surface area contributed by atoms with Crippen LogP contribution in [-0.4, -0.2) is 93.0 Å². The third-order valence-corrected chi connectivity index (χ3v) is 5.02. The molecule has 0 aromatic rings. The highest BCUT2D eigenvalue weighted by molar-refractivity contribution is 14.0. The fourth-order valence-electron chi connectivity index (χ4n) is 3.79. The van der Waals surface area contributed by atoms with E-state index >= 15 is 0 Å². The topological polar surface area (TPSA) is 78.4 Å². The van der Waals surface area contributed by atoms with Gasteiger partial charge in [-0.25, -0.2) is 4.79 Å². The summed E-state index contributed by atoms with van der Waals surface area (Å²) in [5.41, 5.74) is 0. The molecule has 8 nitrogen and oxygen atoms in total. The molecule has 2 rings (SSSR count). The highest BCUT2D eigenvalue weighted by Crippen LogP contribution is 2.12. The number of carbonyl (C=O) groups is 1. The summed E-state index contributed by atoms with van der Waals surface area (Å²) >= 11 is 0. The number of hydrogen-bond donors (Lipinski definition) is 2. The van der Waals surface area contributed by atoms with E-state index in [1.807, 2.05) is 6.92 Å². The van der Waals surface area contributed by atoms with E-state index in [2.05, 4.69) is 34.4 Å². The number of hydrogen-bond acceptors (Lipinski definition) is 5. The van der Waals surface area contributed by atoms with E-state index in [1.165, 1.54) is 0 Å². The maximum atomic E-state index is 11.8. The number of piperidine rings is 1. The van der Waals surface area contributed by atoms with Crippen molar-refractivity contribution in [3.05, 3.63) is 0 Å². The number of nitrogens with one attached hydrogen (secondary N) is 2. The van der Waals surface area contributed by atoms with E-state index in [0.29, 0.717) is 24.9 Å². The van der Waals surface area contributed by atoms with Gasteiger partial charge in [0.05, 0.1) is 18.8 Å². The average Bonchev–Trinajstić information content (AvgIpc) is 2.64. The average molecular weight is 511 g/mol. The van der Waals surface area contributed by atoms with Crippen LogP contribution in [0.3, 0.4) is 0 Å². The van der Waals surface area contributed by atoms with Crippen molar-refractivity contribution in [2.75, 3.05) is 52.9 Å². The molecule has 0 aromatic carbocycles. The fourth-order valence-corrected chi connectivity index (χ4v) is 3.79. The molecule has 0 saturated carbocycles. The molecule has 0 radical (unpaired) electrons. The molecular formula is C19H38IN5O3. The second-order valence-electron chi connectivity index (χ2n) is 7.47. The minimum atomic E-state index is -0.204. The molecule has 0 aromatic heterocycles. The van der Waals surface area contributed by atoms with Gasteiger partial charge in [-0.3, -0.25) is 9.89 Å². The SMILES string of the molecule is CCOC(=O)N1CCC(NC(=NC)NCCCN2CC(C)OC(C)C2)CC1.I. The lowest BCUT2D eigenvalue weighted by Crippen LogP contribution is -2.50. The number of aliphatic imine (C=N–C) groups is 1. The summed E-state index contributed by atoms with van der Waals surface area (Å²) < 4.78 is 10.8. The van der Waals surface area contributed by atoms with Crippen LogP contribution in [0.5, 0.6) is 0 Å². The van der Waals surface area contributed by atoms with Crippen molar-refractivity contribution in [1.82, 2.24) is 20.4 Å². The predicted molar refractivity (Wildman–Crippen MR) is 123 cm³/mol. The lowest BCUT2D eigenvalue weighted by molar-refractivity contribution is -0.0679. The molecule has 0 spiro atoms. The van der Waals surface area contributed by atoms with Gasteiger partial charge in [-0.05, 0) is 40.0 Å². The van der Waals surface area contributed by atoms with Crippen LogP contribution >= 0.6 is 24.0 Å². The summed E-state index contributed by atoms with van der Waals surface area (Å²) in [5.74, 6) is 0.841. The monoisotopic (exact) mass is 511 g/mol. The second kappa shape index (κ2) is 13.4. The van der Waals surface area contributed by atoms with E-state index in [0.717, 1.165) is 64.5 Å². The fraction of sp³-hybridized carbons (Fsp3) is 0.895. The van der Waals surface area contributed by atoms with Gasteiger partial charge in [-0.1, -0.05) is 0 Å². The molecule has 0 aliphatic carbocycles. The van der Waals surface area contributed by atoms with Gasteiger partial charge in [0.15, 0.2) is 5.96 Å². The van der Waals surface area contributed by atoms with Gasteiger partial charge in [0.2, 0.25) is 0 Å². The first-order valence-electron chi connectivity index (χ1n) is 10.3. The predicted octanol–water partition coefficient (Wildman–Crippen LogP) is 1.89. The maximum absolute atomic E-state index is 11.8. The third kappa shape index (κ3) is 8.69. The van der Waals surface area contributed by atoms with Crippen LogP contribution in [0.25, 0.3) is 0 Å². The van der Waals surface area contributed by atoms with Crippen LogP contribution in [0.2, 0.25) is 0 Å². The number of likely N-dealkylation sites (tertiary alicyclic amines) is 1. The van der Waals surface area contributed by atoms with Crippen molar-refractivity contribution in [3.63, 3.8) is 0 Å². The van der Waals surface area contributed by atoms with Crippen molar-refractivity contribution >= 4 is 36.0 Å². The van der Waals surface area contributed by atoms with Gasteiger partial charge in [-0.2, -0.15) is 0 Å². The Morgan fingerprint density at radius 1 is 1.21 bits per heavy atom. The first-order valence-corrected chi connectivity index (χ1v) is 10.3. The lowest BCUT2D eigenvalue weighted by Gasteiger charge is -2.35. The first kappa shape index (κ1) is 25.2. The number of rotatable bonds is 6. The van der Waals surface area contributed by atoms with Crippen LogP contribution in [0.1, 0.15) is 40.0 Å². The number of carbonyl (C=O) groups excluding carboxylic acids is 1. The van der Waals surface area contributed by atoms with Crippen LogP contribution < -0.4 is 10.6 Å². The van der Waals surface area contributed by atoms with Crippen LogP contribution in [0, 0.1) is 0 Å². The quantitative estimate of drug-likeness (QED) is 0.246. The summed E-state index contributed by atoms with van der Waals surface area (Å²) in [6.07, 6.45) is 3.31. The molecular weight excluding hydrogens is 473 g/mol. The Kier molecular flexibility index (Phi) is 12.1. The van der Waals surface area contributed by atoms with Gasteiger partial charge in [-0.15, -0.1) is 24.0 Å². The van der Waals surface area contributed by atoms with E-state index in [9.17, 15) is 4.79 Å². The van der Waals surface area contributed by atoms with Crippen molar-refractivity contribution in [2.45, 2.75) is 58.3 Å². The second-order valence-corrected chi connectivity index (χ2v) is 7.47. The summed E-state index contributed by atoms with van der Waals surface area (Å²) in [5, 5.41) is 6.88. The van der Waals surface area contributed by atoms with E-state index < -0.39 is 0 Å². The summed E-state index contributed by atoms with van der Waals surface area (Å²) in [7, 11) is 1.80. The minimum Gasteiger partial charge on any atom is -0.450 e. The van der Waals surface area contributed by atoms with Gasteiger partial charge >= 0.3 is 6.09 Å². The normalized spacial score (nSPS) is 24.4. The highest BCUT2D eigenvalue weighted by Gasteiger charge is 2.24. The molecule has 2 atom stereocenters. The summed E-state index contributed by atoms with van der Waals surface area (Å²) in [6.45, 7) is 12.0. The van der Waals surface area contributed by atoms with E-state index in [4.69, 9.17) is 9.47 Å². The number of morpholine rings is 1. The largest absolute Gasteiger partial charge is 0.450 e. The van der Waals surface area contributed by atoms with Crippen molar-refractivity contribution in [1.29, 1.82) is 0 Å². The zero-order valence-corrected chi connectivity index (χ0v) is 20.1. The molecule has 9 heteroatoms. The number of amides is 1. The van der Waals surface area contributed by atoms with Gasteiger partial charge in [0, 0.05) is 52.4 Å². The molecule has 0 bridgehead atoms. The summed E-state index contributed by atoms with van der Waals surface area (Å²) in [6, 6.07) is 0.336. The molecule has 2 unspecified atom stereocenters. The Hall–Kier alpha value is -0.810. The Bertz CT molecular complexity index is 476. The van der Waals surface area contributed by atoms with Gasteiger partial charge in [0.25, 0.3) is 0 Å². The molecule has 2 aliphatic rings. The molecule has 164 valence electrons. The third-order valence-electron chi connectivity index (χ3n) is 5.02. The first-order chi connectivity index (χ1) is 13.0. The number of guanidine groups is 1. The smallest absolute Gasteiger partial charge is 0.409 e. The zero-order valence-electron chi connectivity index (χ0n) is 17.8. The standard InChI is InChI=1S/C19H37N5O3.HI/c1-5-26-19(25)24-11-7-17(8-12-24)22-18(20-4)21-9-6-10-23-13-15(2)27-16(3)14-23;/h15-17H,5-14H2,1-4H3,(H2,20,21,22);1H. The van der Waals surface area contributed by atoms with E-state index in [-0.39, 0.29) is 30.1 Å². The van der Waals surface area contributed by atoms with Gasteiger partial charge in [0.1, 0.15) is 0 Å². The molecule has 2 heterocycles. The van der Waals surface area contributed by atoms with Gasteiger partial charge < -0.3 is 25.0 Å². The van der Waals surface area contributed by atoms with Crippen LogP contribution in [-0.2, 0) is 9.47 Å². The summed E-state index contributed by atoms with van der Waals surface area (Å²) in [4.78, 5) is 20.3. The van der Waals surface area contributed by atoms with Crippen molar-refractivity contribution in [3.8, 4) is 0 Å². The molecule has 2 aliphatic heterocycles. The Morgan fingerprint density at radius 3 is 2.43 bits per heavy atom. The Labute approximate surface area is 186 Å². The van der Waals surface area contributed by atoms with E-state index in [1.54, 1.807) is 11.9 Å². The zero-order chi connectivity index (χ0) is 19.6. The van der Waals surface area contributed by atoms with Crippen molar-refractivity contribution in [2.24, 2.45) is 4.99 Å². The highest BCUT2D eigenvalue weighted by atomic mass is 127. The molecule has 2 N–H and O–H groups in total. The molecule has 1 amide bonds. The number of halogens is 1. The molecule has 28 heavy (non-hydrogen) atoms. The lowest BCUT2D eigenvalue weighted by atomic mass is 10.1. The molecule has 2 fully saturated rings. The number of ether oxygens (including phenoxy) is 2. The van der Waals surface area contributed by atoms with Crippen LogP contribution in [0.15, 0.2) is 4.99 Å². The minimum absolute atomic E-state index is 0. The number of nitrogens with zero attached hydrogens (tertiary/aromatic N) is 3. The molecule has 2 saturated heterocycles. The Morgan fingerprint density at radius 2 is 1.86 bits per heavy atom. The maximum Gasteiger partial charge on any atom is 0.409 e.